The lowest BCUT2D eigenvalue weighted by Gasteiger charge is -2.16. The molecular weight excluding hydrogens is 424 g/mol. The van der Waals surface area contributed by atoms with E-state index in [9.17, 15) is 9.59 Å². The molecule has 0 saturated heterocycles. The maximum absolute atomic E-state index is 12.7. The van der Waals surface area contributed by atoms with Crippen LogP contribution in [-0.4, -0.2) is 25.2 Å². The first-order valence-electron chi connectivity index (χ1n) is 14.7. The van der Waals surface area contributed by atoms with E-state index >= 15 is 0 Å². The lowest BCUT2D eigenvalue weighted by molar-refractivity contribution is -0.162. The molecule has 0 fully saturated rings. The Kier molecular flexibility index (Phi) is 22.9. The van der Waals surface area contributed by atoms with Crippen LogP contribution in [0, 0.1) is 17.8 Å². The van der Waals surface area contributed by atoms with Gasteiger partial charge in [0.15, 0.2) is 5.92 Å². The molecule has 34 heavy (non-hydrogen) atoms. The van der Waals surface area contributed by atoms with Gasteiger partial charge in [0.25, 0.3) is 0 Å². The zero-order chi connectivity index (χ0) is 25.4. The van der Waals surface area contributed by atoms with Crippen molar-refractivity contribution in [3.05, 3.63) is 0 Å². The van der Waals surface area contributed by atoms with Crippen molar-refractivity contribution in [3.8, 4) is 0 Å². The lowest BCUT2D eigenvalue weighted by atomic mass is 10.00. The van der Waals surface area contributed by atoms with E-state index in [1.807, 2.05) is 0 Å². The van der Waals surface area contributed by atoms with Crippen LogP contribution in [0.5, 0.6) is 0 Å². The van der Waals surface area contributed by atoms with Crippen LogP contribution in [0.15, 0.2) is 0 Å². The van der Waals surface area contributed by atoms with Crippen molar-refractivity contribution < 1.29 is 19.1 Å². The number of hydrogen-bond acceptors (Lipinski definition) is 4. The number of unbranched alkanes of at least 4 members (excludes halogenated alkanes) is 12. The fourth-order valence-corrected chi connectivity index (χ4v) is 4.20. The molecule has 0 heterocycles. The number of carbonyl (C=O) groups is 2. The van der Waals surface area contributed by atoms with Crippen LogP contribution in [0.1, 0.15) is 150 Å². The molecule has 0 amide bonds. The van der Waals surface area contributed by atoms with E-state index in [0.29, 0.717) is 19.6 Å². The van der Waals surface area contributed by atoms with Crippen molar-refractivity contribution in [2.45, 2.75) is 150 Å². The van der Waals surface area contributed by atoms with Crippen molar-refractivity contribution in [1.29, 1.82) is 0 Å². The summed E-state index contributed by atoms with van der Waals surface area (Å²) in [7, 11) is 0. The monoisotopic (exact) mass is 482 g/mol. The van der Waals surface area contributed by atoms with Gasteiger partial charge in [-0.3, -0.25) is 9.59 Å². The summed E-state index contributed by atoms with van der Waals surface area (Å²) < 4.78 is 11.0. The molecular formula is C30H58O4. The molecule has 0 saturated carbocycles. The minimum absolute atomic E-state index is 0.380. The third kappa shape index (κ3) is 21.5. The highest BCUT2D eigenvalue weighted by atomic mass is 16.6. The van der Waals surface area contributed by atoms with Gasteiger partial charge in [0.1, 0.15) is 0 Å². The molecule has 0 atom stereocenters. The summed E-state index contributed by atoms with van der Waals surface area (Å²) in [4.78, 5) is 25.4. The van der Waals surface area contributed by atoms with Gasteiger partial charge in [-0.2, -0.15) is 0 Å². The zero-order valence-electron chi connectivity index (χ0n) is 23.5. The standard InChI is InChI=1S/C30H58O4/c1-6-7-8-9-10-11-18-23-28(29(31)33-24-19-14-12-16-21-26(2)3)30(32)34-25-20-15-13-17-22-27(4)5/h26-28H,6-25H2,1-5H3. The molecule has 0 aromatic heterocycles. The second-order valence-corrected chi connectivity index (χ2v) is 11.0. The van der Waals surface area contributed by atoms with Gasteiger partial charge in [-0.1, -0.05) is 131 Å². The minimum Gasteiger partial charge on any atom is -0.465 e. The molecule has 0 spiro atoms. The molecule has 0 rings (SSSR count). The Balaban J connectivity index is 4.29. The molecule has 0 aliphatic heterocycles. The summed E-state index contributed by atoms with van der Waals surface area (Å²) >= 11 is 0. The number of rotatable bonds is 24. The van der Waals surface area contributed by atoms with Gasteiger partial charge in [-0.05, 0) is 31.1 Å². The Morgan fingerprint density at radius 3 is 1.26 bits per heavy atom. The second kappa shape index (κ2) is 23.7. The fraction of sp³-hybridized carbons (Fsp3) is 0.933. The zero-order valence-corrected chi connectivity index (χ0v) is 23.5. The number of carbonyl (C=O) groups excluding carboxylic acids is 2. The van der Waals surface area contributed by atoms with Crippen LogP contribution < -0.4 is 0 Å². The highest BCUT2D eigenvalue weighted by molar-refractivity contribution is 5.94. The number of esters is 2. The van der Waals surface area contributed by atoms with Crippen LogP contribution in [0.2, 0.25) is 0 Å². The first-order valence-corrected chi connectivity index (χ1v) is 14.7. The van der Waals surface area contributed by atoms with Crippen LogP contribution in [0.4, 0.5) is 0 Å². The molecule has 0 N–H and O–H groups in total. The molecule has 4 nitrogen and oxygen atoms in total. The highest BCUT2D eigenvalue weighted by Crippen LogP contribution is 2.17. The van der Waals surface area contributed by atoms with Gasteiger partial charge in [-0.15, -0.1) is 0 Å². The van der Waals surface area contributed by atoms with Gasteiger partial charge in [0.05, 0.1) is 13.2 Å². The second-order valence-electron chi connectivity index (χ2n) is 11.0. The van der Waals surface area contributed by atoms with Crippen LogP contribution in [-0.2, 0) is 19.1 Å². The topological polar surface area (TPSA) is 52.6 Å². The average molecular weight is 483 g/mol. The predicted octanol–water partition coefficient (Wildman–Crippen LogP) is 9.04. The van der Waals surface area contributed by atoms with Crippen molar-refractivity contribution >= 4 is 11.9 Å². The number of hydrogen-bond donors (Lipinski definition) is 0. The van der Waals surface area contributed by atoms with E-state index in [0.717, 1.165) is 50.4 Å². The smallest absolute Gasteiger partial charge is 0.320 e. The molecule has 0 aromatic rings. The molecule has 0 aliphatic carbocycles. The first kappa shape index (κ1) is 32.9. The van der Waals surface area contributed by atoms with Crippen LogP contribution in [0.25, 0.3) is 0 Å². The van der Waals surface area contributed by atoms with Crippen molar-refractivity contribution in [1.82, 2.24) is 0 Å². The van der Waals surface area contributed by atoms with Crippen molar-refractivity contribution in [2.24, 2.45) is 17.8 Å². The summed E-state index contributed by atoms with van der Waals surface area (Å²) in [6, 6.07) is 0. The molecule has 202 valence electrons. The molecule has 0 aromatic carbocycles. The Hall–Kier alpha value is -1.06. The average Bonchev–Trinajstić information content (AvgIpc) is 2.79. The Morgan fingerprint density at radius 1 is 0.500 bits per heavy atom. The summed E-state index contributed by atoms with van der Waals surface area (Å²) in [5, 5.41) is 0. The van der Waals surface area contributed by atoms with E-state index in [1.54, 1.807) is 0 Å². The summed E-state index contributed by atoms with van der Waals surface area (Å²) in [6.07, 6.45) is 19.9. The molecule has 0 bridgehead atoms. The largest absolute Gasteiger partial charge is 0.465 e. The molecule has 0 unspecified atom stereocenters. The SMILES string of the molecule is CCCCCCCCCC(C(=O)OCCCCCCC(C)C)C(=O)OCCCCCCC(C)C. The quantitative estimate of drug-likeness (QED) is 0.0782. The van der Waals surface area contributed by atoms with Gasteiger partial charge < -0.3 is 9.47 Å². The third-order valence-corrected chi connectivity index (χ3v) is 6.51. The highest BCUT2D eigenvalue weighted by Gasteiger charge is 2.29. The summed E-state index contributed by atoms with van der Waals surface area (Å²) in [5.41, 5.74) is 0. The van der Waals surface area contributed by atoms with E-state index in [4.69, 9.17) is 9.47 Å². The van der Waals surface area contributed by atoms with Crippen molar-refractivity contribution in [2.75, 3.05) is 13.2 Å². The fourth-order valence-electron chi connectivity index (χ4n) is 4.20. The molecule has 0 aliphatic rings. The molecule has 4 heteroatoms. The number of ether oxygens (including phenoxy) is 2. The first-order chi connectivity index (χ1) is 16.4. The third-order valence-electron chi connectivity index (χ3n) is 6.51. The Labute approximate surface area is 212 Å². The summed E-state index contributed by atoms with van der Waals surface area (Å²) in [6.45, 7) is 12.0. The van der Waals surface area contributed by atoms with E-state index < -0.39 is 5.92 Å². The van der Waals surface area contributed by atoms with Gasteiger partial charge in [-0.25, -0.2) is 0 Å². The van der Waals surface area contributed by atoms with E-state index in [1.165, 1.54) is 70.6 Å². The minimum atomic E-state index is -0.752. The Morgan fingerprint density at radius 2 is 0.853 bits per heavy atom. The normalized spacial score (nSPS) is 11.5. The summed E-state index contributed by atoms with van der Waals surface area (Å²) in [5.74, 6) is -0.0183. The maximum atomic E-state index is 12.7. The molecule has 0 radical (unpaired) electrons. The van der Waals surface area contributed by atoms with Crippen LogP contribution >= 0.6 is 0 Å². The Bertz CT molecular complexity index is 438. The van der Waals surface area contributed by atoms with Gasteiger partial charge in [0, 0.05) is 0 Å². The van der Waals surface area contributed by atoms with Crippen molar-refractivity contribution in [3.63, 3.8) is 0 Å². The van der Waals surface area contributed by atoms with Gasteiger partial charge in [0.2, 0.25) is 0 Å². The van der Waals surface area contributed by atoms with Crippen LogP contribution in [0.3, 0.4) is 0 Å². The van der Waals surface area contributed by atoms with E-state index in [-0.39, 0.29) is 11.9 Å². The maximum Gasteiger partial charge on any atom is 0.320 e. The van der Waals surface area contributed by atoms with E-state index in [2.05, 4.69) is 34.6 Å². The predicted molar refractivity (Wildman–Crippen MR) is 144 cm³/mol. The lowest BCUT2D eigenvalue weighted by Crippen LogP contribution is -2.28. The van der Waals surface area contributed by atoms with Gasteiger partial charge >= 0.3 is 11.9 Å².